The molecular weight excluding hydrogens is 298 g/mol. The van der Waals surface area contributed by atoms with E-state index in [-0.39, 0.29) is 5.69 Å². The van der Waals surface area contributed by atoms with Gasteiger partial charge < -0.3 is 4.90 Å². The highest BCUT2D eigenvalue weighted by Gasteiger charge is 2.24. The molecule has 96 valence electrons. The molecule has 1 aliphatic rings. The van der Waals surface area contributed by atoms with E-state index < -0.39 is 0 Å². The van der Waals surface area contributed by atoms with Gasteiger partial charge in [0.2, 0.25) is 0 Å². The molecule has 18 heavy (non-hydrogen) atoms. The molecule has 3 rings (SSSR count). The van der Waals surface area contributed by atoms with Gasteiger partial charge in [-0.2, -0.15) is 5.10 Å². The van der Waals surface area contributed by atoms with Crippen LogP contribution in [-0.2, 0) is 0 Å². The zero-order valence-corrected chi connectivity index (χ0v) is 11.6. The number of fused-ring (bicyclic) bond motifs is 1. The lowest BCUT2D eigenvalue weighted by molar-refractivity contribution is 0.463. The summed E-state index contributed by atoms with van der Waals surface area (Å²) >= 11 is 3.69. The van der Waals surface area contributed by atoms with E-state index in [4.69, 9.17) is 0 Å². The fourth-order valence-corrected chi connectivity index (χ4v) is 2.67. The Balaban J connectivity index is 1.92. The molecule has 0 bridgehead atoms. The Labute approximate surface area is 112 Å². The number of anilines is 1. The van der Waals surface area contributed by atoms with Crippen molar-refractivity contribution in [3.8, 4) is 0 Å². The van der Waals surface area contributed by atoms with E-state index in [0.29, 0.717) is 16.4 Å². The van der Waals surface area contributed by atoms with Gasteiger partial charge >= 0.3 is 5.69 Å². The number of piperidine rings is 1. The quantitative estimate of drug-likeness (QED) is 0.799. The number of hydrogen-bond acceptors (Lipinski definition) is 4. The predicted octanol–water partition coefficient (Wildman–Crippen LogP) is 1.03. The second-order valence-corrected chi connectivity index (χ2v) is 5.91. The average Bonchev–Trinajstić information content (AvgIpc) is 2.74. The molecule has 0 saturated carbocycles. The largest absolute Gasteiger partial charge is 0.356 e. The first-order valence-electron chi connectivity index (χ1n) is 5.97. The summed E-state index contributed by atoms with van der Waals surface area (Å²) < 4.78 is 1.41. The van der Waals surface area contributed by atoms with Crippen molar-refractivity contribution in [2.45, 2.75) is 18.2 Å². The van der Waals surface area contributed by atoms with Crippen LogP contribution in [0.2, 0.25) is 0 Å². The first kappa shape index (κ1) is 11.7. The Kier molecular flexibility index (Phi) is 2.85. The second-order valence-electron chi connectivity index (χ2n) is 4.73. The van der Waals surface area contributed by atoms with Crippen LogP contribution in [0, 0.1) is 5.92 Å². The van der Waals surface area contributed by atoms with Gasteiger partial charge in [-0.25, -0.2) is 19.3 Å². The molecule has 2 atom stereocenters. The van der Waals surface area contributed by atoms with Crippen LogP contribution in [-0.4, -0.2) is 37.5 Å². The van der Waals surface area contributed by atoms with Crippen LogP contribution < -0.4 is 10.6 Å². The summed E-state index contributed by atoms with van der Waals surface area (Å²) in [5, 5.41) is 6.37. The van der Waals surface area contributed by atoms with Crippen molar-refractivity contribution >= 4 is 27.4 Å². The molecular formula is C11H14BrN5O. The first-order valence-corrected chi connectivity index (χ1v) is 6.88. The van der Waals surface area contributed by atoms with Gasteiger partial charge in [0, 0.05) is 24.0 Å². The molecule has 0 spiro atoms. The van der Waals surface area contributed by atoms with Crippen molar-refractivity contribution < 1.29 is 0 Å². The first-order chi connectivity index (χ1) is 8.65. The molecule has 0 amide bonds. The highest BCUT2D eigenvalue weighted by Crippen LogP contribution is 2.26. The maximum absolute atomic E-state index is 11.3. The number of H-pyrrole nitrogens is 1. The van der Waals surface area contributed by atoms with E-state index in [2.05, 4.69) is 42.9 Å². The smallest absolute Gasteiger partial charge is 0.348 e. The Morgan fingerprint density at radius 3 is 3.17 bits per heavy atom. The topological polar surface area (TPSA) is 66.3 Å². The van der Waals surface area contributed by atoms with Gasteiger partial charge in [-0.05, 0) is 12.3 Å². The lowest BCUT2D eigenvalue weighted by Gasteiger charge is -2.35. The minimum absolute atomic E-state index is 0.253. The fourth-order valence-electron chi connectivity index (χ4n) is 2.30. The maximum atomic E-state index is 11.3. The Bertz CT molecular complexity index is 621. The SMILES string of the molecule is CC1CN(c2cc3n[nH]c(=O)n3cn2)CCC1Br. The van der Waals surface area contributed by atoms with E-state index in [9.17, 15) is 4.79 Å². The molecule has 2 aromatic rings. The van der Waals surface area contributed by atoms with Gasteiger partial charge in [0.1, 0.15) is 12.1 Å². The van der Waals surface area contributed by atoms with Gasteiger partial charge in [0.05, 0.1) is 0 Å². The van der Waals surface area contributed by atoms with Crippen LogP contribution >= 0.6 is 15.9 Å². The summed E-state index contributed by atoms with van der Waals surface area (Å²) in [7, 11) is 0. The minimum atomic E-state index is -0.253. The van der Waals surface area contributed by atoms with Crippen LogP contribution in [0.15, 0.2) is 17.2 Å². The second kappa shape index (κ2) is 4.38. The number of nitrogens with zero attached hydrogens (tertiary/aromatic N) is 4. The molecule has 6 nitrogen and oxygen atoms in total. The molecule has 2 aromatic heterocycles. The van der Waals surface area contributed by atoms with Gasteiger partial charge in [0.25, 0.3) is 0 Å². The maximum Gasteiger partial charge on any atom is 0.348 e. The van der Waals surface area contributed by atoms with Crippen LogP contribution in [0.3, 0.4) is 0 Å². The summed E-state index contributed by atoms with van der Waals surface area (Å²) in [6, 6.07) is 1.85. The molecule has 3 heterocycles. The summed E-state index contributed by atoms with van der Waals surface area (Å²) in [6.45, 7) is 4.16. The van der Waals surface area contributed by atoms with Crippen LogP contribution in [0.1, 0.15) is 13.3 Å². The molecule has 1 fully saturated rings. The van der Waals surface area contributed by atoms with E-state index in [0.717, 1.165) is 25.3 Å². The summed E-state index contributed by atoms with van der Waals surface area (Å²) in [5.74, 6) is 1.46. The highest BCUT2D eigenvalue weighted by molar-refractivity contribution is 9.09. The average molecular weight is 312 g/mol. The van der Waals surface area contributed by atoms with Crippen molar-refractivity contribution in [2.24, 2.45) is 5.92 Å². The van der Waals surface area contributed by atoms with Gasteiger partial charge in [-0.1, -0.05) is 22.9 Å². The van der Waals surface area contributed by atoms with E-state index in [1.165, 1.54) is 10.7 Å². The number of halogens is 1. The molecule has 0 aromatic carbocycles. The monoisotopic (exact) mass is 311 g/mol. The van der Waals surface area contributed by atoms with Crippen LogP contribution in [0.5, 0.6) is 0 Å². The summed E-state index contributed by atoms with van der Waals surface area (Å²) in [6.07, 6.45) is 2.63. The van der Waals surface area contributed by atoms with E-state index >= 15 is 0 Å². The van der Waals surface area contributed by atoms with Gasteiger partial charge in [0.15, 0.2) is 5.65 Å². The molecule has 1 aliphatic heterocycles. The highest BCUT2D eigenvalue weighted by atomic mass is 79.9. The zero-order chi connectivity index (χ0) is 12.7. The Morgan fingerprint density at radius 1 is 1.56 bits per heavy atom. The van der Waals surface area contributed by atoms with Crippen LogP contribution in [0.4, 0.5) is 5.82 Å². The van der Waals surface area contributed by atoms with E-state index in [1.54, 1.807) is 0 Å². The number of hydrogen-bond donors (Lipinski definition) is 1. The molecule has 1 N–H and O–H groups in total. The van der Waals surface area contributed by atoms with Crippen molar-refractivity contribution in [2.75, 3.05) is 18.0 Å². The third-order valence-electron chi connectivity index (χ3n) is 3.42. The summed E-state index contributed by atoms with van der Waals surface area (Å²) in [4.78, 5) is 18.5. The van der Waals surface area contributed by atoms with E-state index in [1.807, 2.05) is 6.07 Å². The normalized spacial score (nSPS) is 24.7. The summed E-state index contributed by atoms with van der Waals surface area (Å²) in [5.41, 5.74) is 0.357. The number of nitrogens with one attached hydrogen (secondary N) is 1. The predicted molar refractivity (Wildman–Crippen MR) is 72.3 cm³/mol. The van der Waals surface area contributed by atoms with Crippen LogP contribution in [0.25, 0.3) is 5.65 Å². The van der Waals surface area contributed by atoms with Gasteiger partial charge in [-0.3, -0.25) is 0 Å². The van der Waals surface area contributed by atoms with Crippen molar-refractivity contribution in [1.29, 1.82) is 0 Å². The van der Waals surface area contributed by atoms with Crippen molar-refractivity contribution in [1.82, 2.24) is 19.6 Å². The minimum Gasteiger partial charge on any atom is -0.356 e. The number of aromatic amines is 1. The Morgan fingerprint density at radius 2 is 2.39 bits per heavy atom. The van der Waals surface area contributed by atoms with Crippen molar-refractivity contribution in [3.63, 3.8) is 0 Å². The van der Waals surface area contributed by atoms with Gasteiger partial charge in [-0.15, -0.1) is 0 Å². The third kappa shape index (κ3) is 1.92. The standard InChI is InChI=1S/C11H14BrN5O/c1-7-5-16(3-2-8(7)12)9-4-10-14-15-11(18)17(10)6-13-9/h4,6-8H,2-3,5H2,1H3,(H,15,18). The number of aromatic nitrogens is 4. The third-order valence-corrected chi connectivity index (χ3v) is 4.78. The lowest BCUT2D eigenvalue weighted by atomic mass is 10.0. The lowest BCUT2D eigenvalue weighted by Crippen LogP contribution is -2.40. The zero-order valence-electron chi connectivity index (χ0n) is 10.0. The number of alkyl halides is 1. The molecule has 0 radical (unpaired) electrons. The molecule has 1 saturated heterocycles. The fraction of sp³-hybridized carbons (Fsp3) is 0.545. The molecule has 2 unspecified atom stereocenters. The number of rotatable bonds is 1. The van der Waals surface area contributed by atoms with Crippen molar-refractivity contribution in [3.05, 3.63) is 22.9 Å². The Hall–Kier alpha value is -1.37. The molecule has 0 aliphatic carbocycles. The molecule has 7 heteroatoms.